The number of rotatable bonds is 8. The third-order valence-corrected chi connectivity index (χ3v) is 7.00. The number of carbonyl (C=O) groups is 2. The second-order valence-corrected chi connectivity index (χ2v) is 9.19. The van der Waals surface area contributed by atoms with Crippen LogP contribution in [0.4, 0.5) is 18.6 Å². The van der Waals surface area contributed by atoms with E-state index in [4.69, 9.17) is 16.2 Å². The fourth-order valence-corrected chi connectivity index (χ4v) is 5.56. The first-order valence-corrected chi connectivity index (χ1v) is 11.7. The third kappa shape index (κ3) is 5.67. The predicted octanol–water partition coefficient (Wildman–Crippen LogP) is 4.80. The van der Waals surface area contributed by atoms with Gasteiger partial charge in [-0.25, -0.2) is 13.6 Å². The molecular formula is C20H20Br2F2N4O3S. The van der Waals surface area contributed by atoms with Crippen LogP contribution in [0.25, 0.3) is 0 Å². The van der Waals surface area contributed by atoms with E-state index < -0.39 is 24.2 Å². The number of allylic oxidation sites excluding steroid dienone is 2. The van der Waals surface area contributed by atoms with Gasteiger partial charge in [-0.1, -0.05) is 22.0 Å². The van der Waals surface area contributed by atoms with Gasteiger partial charge in [0.1, 0.15) is 22.5 Å². The molecule has 2 aromatic rings. The van der Waals surface area contributed by atoms with Crippen molar-refractivity contribution >= 4 is 60.5 Å². The lowest BCUT2D eigenvalue weighted by Gasteiger charge is -2.28. The Morgan fingerprint density at radius 1 is 1.22 bits per heavy atom. The minimum absolute atomic E-state index is 0.0157. The van der Waals surface area contributed by atoms with Crippen LogP contribution in [0.2, 0.25) is 0 Å². The second kappa shape index (κ2) is 11.4. The van der Waals surface area contributed by atoms with E-state index in [-0.39, 0.29) is 27.8 Å². The maximum atomic E-state index is 14.4. The first-order valence-electron chi connectivity index (χ1n) is 8.93. The second-order valence-electron chi connectivity index (χ2n) is 6.32. The molecule has 0 aliphatic carbocycles. The zero-order valence-electron chi connectivity index (χ0n) is 17.1. The summed E-state index contributed by atoms with van der Waals surface area (Å²) in [6.07, 6.45) is 3.28. The van der Waals surface area contributed by atoms with Crippen molar-refractivity contribution in [3.63, 3.8) is 0 Å². The lowest BCUT2D eigenvalue weighted by atomic mass is 10.1. The van der Waals surface area contributed by atoms with Crippen LogP contribution in [-0.2, 0) is 16.6 Å². The molecule has 4 N–H and O–H groups in total. The van der Waals surface area contributed by atoms with E-state index in [1.807, 2.05) is 0 Å². The number of ether oxygens (including phenoxy) is 1. The van der Waals surface area contributed by atoms with Crippen LogP contribution in [0.3, 0.4) is 0 Å². The van der Waals surface area contributed by atoms with Gasteiger partial charge in [0, 0.05) is 29.6 Å². The summed E-state index contributed by atoms with van der Waals surface area (Å²) in [6, 6.07) is 2.68. The Kier molecular flexibility index (Phi) is 9.22. The van der Waals surface area contributed by atoms with E-state index in [0.717, 1.165) is 33.3 Å². The van der Waals surface area contributed by atoms with Crippen molar-refractivity contribution < 1.29 is 23.1 Å². The minimum atomic E-state index is -0.825. The Balaban J connectivity index is 2.59. The van der Waals surface area contributed by atoms with E-state index in [1.54, 1.807) is 0 Å². The van der Waals surface area contributed by atoms with Crippen LogP contribution >= 0.6 is 43.2 Å². The standard InChI is InChI=1S/C20H20Br2F2N4O3S/c1-27(16(25)6-7-17(26)31-2)20(30)28(9-12-14(23)4-3-5-15(12)24)19-13(10-29)11(8-21)18(22)32-19/h3-7,10H,8-9,25-26H2,1-2H3/b16-6+,17-7+. The topological polar surface area (TPSA) is 102 Å². The minimum Gasteiger partial charge on any atom is -0.483 e. The van der Waals surface area contributed by atoms with Crippen molar-refractivity contribution in [2.24, 2.45) is 11.5 Å². The zero-order valence-corrected chi connectivity index (χ0v) is 21.1. The molecule has 0 aliphatic heterocycles. The van der Waals surface area contributed by atoms with Gasteiger partial charge >= 0.3 is 6.03 Å². The zero-order chi connectivity index (χ0) is 24.0. The average Bonchev–Trinajstić information content (AvgIpc) is 3.10. The van der Waals surface area contributed by atoms with Crippen molar-refractivity contribution in [1.82, 2.24) is 4.90 Å². The highest BCUT2D eigenvalue weighted by Crippen LogP contribution is 2.41. The van der Waals surface area contributed by atoms with Crippen molar-refractivity contribution in [2.75, 3.05) is 19.1 Å². The van der Waals surface area contributed by atoms with Crippen LogP contribution in [0.15, 0.2) is 45.8 Å². The molecule has 0 atom stereocenters. The fourth-order valence-electron chi connectivity index (χ4n) is 2.59. The Hall–Kier alpha value is -2.44. The van der Waals surface area contributed by atoms with Crippen LogP contribution in [-0.4, -0.2) is 31.4 Å². The normalized spacial score (nSPS) is 11.9. The molecule has 0 saturated heterocycles. The number of alkyl halides is 1. The van der Waals surface area contributed by atoms with Gasteiger partial charge in [0.2, 0.25) is 0 Å². The molecule has 1 aromatic carbocycles. The van der Waals surface area contributed by atoms with Crippen molar-refractivity contribution in [3.05, 3.63) is 74.2 Å². The van der Waals surface area contributed by atoms with Gasteiger partial charge < -0.3 is 16.2 Å². The number of hydrogen-bond acceptors (Lipinski definition) is 6. The quantitative estimate of drug-likeness (QED) is 0.198. The van der Waals surface area contributed by atoms with Crippen LogP contribution in [0.5, 0.6) is 0 Å². The Morgan fingerprint density at radius 3 is 2.38 bits per heavy atom. The van der Waals surface area contributed by atoms with Crippen LogP contribution < -0.4 is 16.4 Å². The number of nitrogens with zero attached hydrogens (tertiary/aromatic N) is 2. The number of thiophene rings is 1. The van der Waals surface area contributed by atoms with Gasteiger partial charge in [-0.05, 0) is 34.1 Å². The van der Waals surface area contributed by atoms with Gasteiger partial charge in [-0.3, -0.25) is 14.6 Å². The van der Waals surface area contributed by atoms with E-state index in [9.17, 15) is 18.4 Å². The van der Waals surface area contributed by atoms with Crippen molar-refractivity contribution in [2.45, 2.75) is 11.9 Å². The molecular weight excluding hydrogens is 574 g/mol. The summed E-state index contributed by atoms with van der Waals surface area (Å²) >= 11 is 7.77. The van der Waals surface area contributed by atoms with E-state index in [0.29, 0.717) is 21.0 Å². The number of halogens is 4. The predicted molar refractivity (Wildman–Crippen MR) is 127 cm³/mol. The summed E-state index contributed by atoms with van der Waals surface area (Å²) in [5.41, 5.74) is 12.0. The summed E-state index contributed by atoms with van der Waals surface area (Å²) in [5.74, 6) is -1.60. The average molecular weight is 594 g/mol. The fraction of sp³-hybridized carbons (Fsp3) is 0.200. The van der Waals surface area contributed by atoms with Gasteiger partial charge in [0.05, 0.1) is 23.0 Å². The van der Waals surface area contributed by atoms with Crippen molar-refractivity contribution in [3.8, 4) is 0 Å². The van der Waals surface area contributed by atoms with E-state index >= 15 is 0 Å². The number of nitrogens with two attached hydrogens (primary N) is 2. The smallest absolute Gasteiger partial charge is 0.330 e. The van der Waals surface area contributed by atoms with Crippen LogP contribution in [0, 0.1) is 11.6 Å². The molecule has 12 heteroatoms. The summed E-state index contributed by atoms with van der Waals surface area (Å²) in [5, 5.41) is 0.535. The monoisotopic (exact) mass is 592 g/mol. The Labute approximate surface area is 204 Å². The molecule has 0 bridgehead atoms. The van der Waals surface area contributed by atoms with Crippen LogP contribution in [0.1, 0.15) is 21.5 Å². The number of methoxy groups -OCH3 is 1. The number of benzene rings is 1. The molecule has 0 fully saturated rings. The summed E-state index contributed by atoms with van der Waals surface area (Å²) in [6.45, 7) is -0.472. The van der Waals surface area contributed by atoms with Gasteiger partial charge in [0.25, 0.3) is 0 Å². The van der Waals surface area contributed by atoms with Gasteiger partial charge in [0.15, 0.2) is 12.2 Å². The molecule has 0 aliphatic rings. The van der Waals surface area contributed by atoms with E-state index in [1.165, 1.54) is 32.4 Å². The molecule has 1 aromatic heterocycles. The Morgan fingerprint density at radius 2 is 1.84 bits per heavy atom. The maximum absolute atomic E-state index is 14.4. The largest absolute Gasteiger partial charge is 0.483 e. The Bertz CT molecular complexity index is 1060. The number of aldehydes is 1. The van der Waals surface area contributed by atoms with Crippen molar-refractivity contribution in [1.29, 1.82) is 0 Å². The molecule has 32 heavy (non-hydrogen) atoms. The highest BCUT2D eigenvalue weighted by Gasteiger charge is 2.29. The van der Waals surface area contributed by atoms with Gasteiger partial charge in [-0.15, -0.1) is 11.3 Å². The third-order valence-electron chi connectivity index (χ3n) is 4.41. The van der Waals surface area contributed by atoms with Gasteiger partial charge in [-0.2, -0.15) is 0 Å². The molecule has 2 rings (SSSR count). The first kappa shape index (κ1) is 25.8. The maximum Gasteiger partial charge on any atom is 0.330 e. The number of carbonyl (C=O) groups excluding carboxylic acids is 2. The summed E-state index contributed by atoms with van der Waals surface area (Å²) in [4.78, 5) is 27.4. The molecule has 0 radical (unpaired) electrons. The lowest BCUT2D eigenvalue weighted by molar-refractivity contribution is 0.112. The lowest BCUT2D eigenvalue weighted by Crippen LogP contribution is -2.42. The molecule has 7 nitrogen and oxygen atoms in total. The molecule has 172 valence electrons. The molecule has 0 unspecified atom stereocenters. The molecule has 0 spiro atoms. The van der Waals surface area contributed by atoms with E-state index in [2.05, 4.69) is 31.9 Å². The number of urea groups is 1. The number of anilines is 1. The molecule has 2 amide bonds. The number of hydrogen-bond donors (Lipinski definition) is 2. The highest BCUT2D eigenvalue weighted by atomic mass is 79.9. The molecule has 0 saturated carbocycles. The number of amides is 2. The first-order chi connectivity index (χ1) is 15.2. The highest BCUT2D eigenvalue weighted by molar-refractivity contribution is 9.11. The molecule has 1 heterocycles. The summed E-state index contributed by atoms with van der Waals surface area (Å²) < 4.78 is 34.2. The SMILES string of the molecule is CO/C(N)=C/C=C(\N)N(C)C(=O)N(Cc1c(F)cccc1F)c1sc(Br)c(CBr)c1C=O. The summed E-state index contributed by atoms with van der Waals surface area (Å²) in [7, 11) is 2.75.